The quantitative estimate of drug-likeness (QED) is 0.625. The molecule has 0 atom stereocenters. The smallest absolute Gasteiger partial charge is 0.256 e. The molecule has 0 aliphatic heterocycles. The van der Waals surface area contributed by atoms with Gasteiger partial charge in [-0.2, -0.15) is 0 Å². The van der Waals surface area contributed by atoms with Crippen molar-refractivity contribution >= 4 is 17.5 Å². The summed E-state index contributed by atoms with van der Waals surface area (Å²) >= 11 is 0. The number of benzene rings is 2. The van der Waals surface area contributed by atoms with Crippen LogP contribution < -0.4 is 10.6 Å². The Kier molecular flexibility index (Phi) is 5.54. The summed E-state index contributed by atoms with van der Waals surface area (Å²) in [5, 5.41) is 10.3. The van der Waals surface area contributed by atoms with Crippen LogP contribution in [-0.2, 0) is 6.54 Å². The monoisotopic (exact) mass is 377 g/mol. The highest BCUT2D eigenvalue weighted by atomic mass is 16.5. The molecule has 2 N–H and O–H groups in total. The van der Waals surface area contributed by atoms with E-state index in [4.69, 9.17) is 4.52 Å². The first-order valence-corrected chi connectivity index (χ1v) is 9.43. The summed E-state index contributed by atoms with van der Waals surface area (Å²) in [4.78, 5) is 13.0. The standard InChI is InChI=1S/C23H27N3O2/c1-13-11-14(2)21(16(4)15(13)3)25-22(27)20-10-8-7-9-19(20)12-24-23-17(5)18(6)26-28-23/h7-11,24H,12H2,1-6H3,(H,25,27). The van der Waals surface area contributed by atoms with Crippen molar-refractivity contribution in [1.29, 1.82) is 0 Å². The second-order valence-corrected chi connectivity index (χ2v) is 7.32. The number of hydrogen-bond acceptors (Lipinski definition) is 4. The van der Waals surface area contributed by atoms with Gasteiger partial charge in [0.1, 0.15) is 0 Å². The van der Waals surface area contributed by atoms with E-state index in [9.17, 15) is 4.79 Å². The van der Waals surface area contributed by atoms with Gasteiger partial charge in [-0.25, -0.2) is 0 Å². The highest BCUT2D eigenvalue weighted by molar-refractivity contribution is 6.06. The molecule has 5 heteroatoms. The molecule has 1 aromatic heterocycles. The lowest BCUT2D eigenvalue weighted by atomic mass is 9.98. The topological polar surface area (TPSA) is 67.2 Å². The second kappa shape index (κ2) is 7.89. The molecule has 0 unspecified atom stereocenters. The summed E-state index contributed by atoms with van der Waals surface area (Å²) in [7, 11) is 0. The van der Waals surface area contributed by atoms with Crippen LogP contribution in [0.2, 0.25) is 0 Å². The highest BCUT2D eigenvalue weighted by Gasteiger charge is 2.16. The van der Waals surface area contributed by atoms with E-state index < -0.39 is 0 Å². The summed E-state index contributed by atoms with van der Waals surface area (Å²) in [5.74, 6) is 0.519. The van der Waals surface area contributed by atoms with Gasteiger partial charge in [-0.3, -0.25) is 4.79 Å². The Balaban J connectivity index is 1.84. The van der Waals surface area contributed by atoms with Crippen LogP contribution in [0.4, 0.5) is 11.6 Å². The van der Waals surface area contributed by atoms with Gasteiger partial charge in [0.15, 0.2) is 0 Å². The van der Waals surface area contributed by atoms with Crippen molar-refractivity contribution in [2.45, 2.75) is 48.1 Å². The molecule has 0 bridgehead atoms. The first-order valence-electron chi connectivity index (χ1n) is 9.43. The third kappa shape index (κ3) is 3.79. The average molecular weight is 377 g/mol. The van der Waals surface area contributed by atoms with Crippen LogP contribution in [0.5, 0.6) is 0 Å². The molecule has 146 valence electrons. The number of rotatable bonds is 5. The first kappa shape index (κ1) is 19.7. The average Bonchev–Trinajstić information content (AvgIpc) is 3.00. The second-order valence-electron chi connectivity index (χ2n) is 7.32. The highest BCUT2D eigenvalue weighted by Crippen LogP contribution is 2.27. The molecule has 0 saturated carbocycles. The van der Waals surface area contributed by atoms with Gasteiger partial charge in [0, 0.05) is 23.4 Å². The first-order chi connectivity index (χ1) is 13.3. The van der Waals surface area contributed by atoms with Gasteiger partial charge < -0.3 is 15.2 Å². The van der Waals surface area contributed by atoms with Crippen molar-refractivity contribution in [1.82, 2.24) is 5.16 Å². The number of anilines is 2. The van der Waals surface area contributed by atoms with Gasteiger partial charge in [-0.05, 0) is 75.4 Å². The zero-order chi connectivity index (χ0) is 20.4. The molecule has 0 saturated heterocycles. The minimum Gasteiger partial charge on any atom is -0.350 e. The number of carbonyl (C=O) groups excluding carboxylic acids is 1. The van der Waals surface area contributed by atoms with Gasteiger partial charge in [-0.1, -0.05) is 29.4 Å². The van der Waals surface area contributed by atoms with E-state index in [0.29, 0.717) is 18.0 Å². The molecule has 1 heterocycles. The van der Waals surface area contributed by atoms with Crippen LogP contribution in [-0.4, -0.2) is 11.1 Å². The Morgan fingerprint density at radius 3 is 2.36 bits per heavy atom. The predicted octanol–water partition coefficient (Wildman–Crippen LogP) is 5.39. The van der Waals surface area contributed by atoms with E-state index in [1.165, 1.54) is 11.1 Å². The molecule has 2 aromatic carbocycles. The molecule has 0 aliphatic rings. The molecule has 0 radical (unpaired) electrons. The molecule has 0 aliphatic carbocycles. The summed E-state index contributed by atoms with van der Waals surface area (Å²) in [6.07, 6.45) is 0. The molecule has 0 spiro atoms. The Labute approximate surface area is 166 Å². The van der Waals surface area contributed by atoms with Crippen molar-refractivity contribution in [2.24, 2.45) is 0 Å². The van der Waals surface area contributed by atoms with Gasteiger partial charge in [-0.15, -0.1) is 0 Å². The largest absolute Gasteiger partial charge is 0.350 e. The van der Waals surface area contributed by atoms with E-state index in [-0.39, 0.29) is 5.91 Å². The minimum atomic E-state index is -0.114. The fraction of sp³-hybridized carbons (Fsp3) is 0.304. The normalized spacial score (nSPS) is 10.8. The van der Waals surface area contributed by atoms with Crippen LogP contribution in [0.1, 0.15) is 49.4 Å². The van der Waals surface area contributed by atoms with Gasteiger partial charge in [0.05, 0.1) is 5.69 Å². The Morgan fingerprint density at radius 1 is 0.964 bits per heavy atom. The van der Waals surface area contributed by atoms with E-state index in [1.807, 2.05) is 52.0 Å². The van der Waals surface area contributed by atoms with Crippen LogP contribution in [0.3, 0.4) is 0 Å². The Bertz CT molecular complexity index is 1030. The summed E-state index contributed by atoms with van der Waals surface area (Å²) < 4.78 is 5.31. The Morgan fingerprint density at radius 2 is 1.68 bits per heavy atom. The molecular formula is C23H27N3O2. The van der Waals surface area contributed by atoms with Crippen molar-refractivity contribution in [2.75, 3.05) is 10.6 Å². The number of carbonyl (C=O) groups is 1. The van der Waals surface area contributed by atoms with Crippen molar-refractivity contribution < 1.29 is 9.32 Å². The Hall–Kier alpha value is -3.08. The van der Waals surface area contributed by atoms with E-state index in [1.54, 1.807) is 0 Å². The lowest BCUT2D eigenvalue weighted by molar-refractivity contribution is 0.102. The predicted molar refractivity (Wildman–Crippen MR) is 113 cm³/mol. The van der Waals surface area contributed by atoms with Crippen LogP contribution in [0.25, 0.3) is 0 Å². The zero-order valence-electron chi connectivity index (χ0n) is 17.4. The fourth-order valence-electron chi connectivity index (χ4n) is 3.31. The lowest BCUT2D eigenvalue weighted by Crippen LogP contribution is -2.17. The van der Waals surface area contributed by atoms with E-state index in [2.05, 4.69) is 35.7 Å². The number of aromatic nitrogens is 1. The number of amides is 1. The minimum absolute atomic E-state index is 0.114. The maximum absolute atomic E-state index is 13.0. The molecule has 0 fully saturated rings. The molecule has 3 aromatic rings. The summed E-state index contributed by atoms with van der Waals surface area (Å²) in [6.45, 7) is 12.6. The number of hydrogen-bond donors (Lipinski definition) is 2. The van der Waals surface area contributed by atoms with Crippen LogP contribution in [0.15, 0.2) is 34.9 Å². The lowest BCUT2D eigenvalue weighted by Gasteiger charge is -2.17. The summed E-state index contributed by atoms with van der Waals surface area (Å²) in [6, 6.07) is 9.71. The van der Waals surface area contributed by atoms with Gasteiger partial charge >= 0.3 is 0 Å². The van der Waals surface area contributed by atoms with Gasteiger partial charge in [0.2, 0.25) is 5.88 Å². The maximum atomic E-state index is 13.0. The van der Waals surface area contributed by atoms with Crippen molar-refractivity contribution in [3.63, 3.8) is 0 Å². The zero-order valence-corrected chi connectivity index (χ0v) is 17.4. The van der Waals surface area contributed by atoms with Gasteiger partial charge in [0.25, 0.3) is 5.91 Å². The van der Waals surface area contributed by atoms with Crippen LogP contribution in [0, 0.1) is 41.5 Å². The number of nitrogens with one attached hydrogen (secondary N) is 2. The fourth-order valence-corrected chi connectivity index (χ4v) is 3.31. The van der Waals surface area contributed by atoms with E-state index in [0.717, 1.165) is 33.6 Å². The molecule has 5 nitrogen and oxygen atoms in total. The number of nitrogens with zero attached hydrogens (tertiary/aromatic N) is 1. The van der Waals surface area contributed by atoms with Crippen molar-refractivity contribution in [3.8, 4) is 0 Å². The maximum Gasteiger partial charge on any atom is 0.256 e. The molecule has 3 rings (SSSR count). The molecular weight excluding hydrogens is 350 g/mol. The third-order valence-corrected chi connectivity index (χ3v) is 5.45. The summed E-state index contributed by atoms with van der Waals surface area (Å²) in [5.41, 5.74) is 8.86. The number of aryl methyl sites for hydroxylation is 3. The van der Waals surface area contributed by atoms with Crippen LogP contribution >= 0.6 is 0 Å². The molecule has 1 amide bonds. The van der Waals surface area contributed by atoms with E-state index >= 15 is 0 Å². The SMILES string of the molecule is Cc1cc(C)c(NC(=O)c2ccccc2CNc2onc(C)c2C)c(C)c1C. The third-order valence-electron chi connectivity index (χ3n) is 5.45. The van der Waals surface area contributed by atoms with Crippen molar-refractivity contribution in [3.05, 3.63) is 75.0 Å². The molecule has 28 heavy (non-hydrogen) atoms.